The molecule has 0 spiro atoms. The van der Waals surface area contributed by atoms with E-state index < -0.39 is 5.97 Å². The lowest BCUT2D eigenvalue weighted by Gasteiger charge is -2.12. The van der Waals surface area contributed by atoms with E-state index in [1.54, 1.807) is 12.1 Å². The molecule has 0 aliphatic carbocycles. The Balaban J connectivity index is 2.22. The second-order valence-electron chi connectivity index (χ2n) is 4.05. The van der Waals surface area contributed by atoms with Gasteiger partial charge in [0.25, 0.3) is 0 Å². The molecular weight excluding hydrogens is 280 g/mol. The standard InChI is InChI=1S/C15H13ClO4/c1-19-13-7-6-10(15(17)18)8-14(13)20-9-11-4-2-3-5-12(11)16/h2-8H,9H2,1H3,(H,17,18). The van der Waals surface area contributed by atoms with Crippen LogP contribution in [0, 0.1) is 0 Å². The lowest BCUT2D eigenvalue weighted by molar-refractivity contribution is 0.0696. The molecule has 0 saturated heterocycles. The fourth-order valence-electron chi connectivity index (χ4n) is 1.69. The Kier molecular flexibility index (Phi) is 4.48. The largest absolute Gasteiger partial charge is 0.493 e. The van der Waals surface area contributed by atoms with Gasteiger partial charge in [0, 0.05) is 10.6 Å². The number of ether oxygens (including phenoxy) is 2. The third-order valence-electron chi connectivity index (χ3n) is 2.75. The van der Waals surface area contributed by atoms with Crippen molar-refractivity contribution < 1.29 is 19.4 Å². The number of carbonyl (C=O) groups is 1. The molecule has 2 aromatic carbocycles. The third kappa shape index (κ3) is 3.22. The van der Waals surface area contributed by atoms with Crippen LogP contribution in [0.15, 0.2) is 42.5 Å². The van der Waals surface area contributed by atoms with Crippen molar-refractivity contribution in [3.63, 3.8) is 0 Å². The zero-order chi connectivity index (χ0) is 14.5. The summed E-state index contributed by atoms with van der Waals surface area (Å²) in [5, 5.41) is 9.58. The molecule has 0 radical (unpaired) electrons. The molecule has 0 aliphatic heterocycles. The van der Waals surface area contributed by atoms with Gasteiger partial charge in [0.05, 0.1) is 12.7 Å². The van der Waals surface area contributed by atoms with Crippen molar-refractivity contribution in [3.05, 3.63) is 58.6 Å². The lowest BCUT2D eigenvalue weighted by atomic mass is 10.2. The van der Waals surface area contributed by atoms with Crippen molar-refractivity contribution >= 4 is 17.6 Å². The Morgan fingerprint density at radius 3 is 2.60 bits per heavy atom. The molecule has 0 unspecified atom stereocenters. The Hall–Kier alpha value is -2.20. The molecule has 0 saturated carbocycles. The second-order valence-corrected chi connectivity index (χ2v) is 4.46. The van der Waals surface area contributed by atoms with Gasteiger partial charge in [-0.2, -0.15) is 0 Å². The molecule has 2 aromatic rings. The minimum Gasteiger partial charge on any atom is -0.493 e. The first-order valence-corrected chi connectivity index (χ1v) is 6.27. The van der Waals surface area contributed by atoms with E-state index in [9.17, 15) is 4.79 Å². The molecule has 20 heavy (non-hydrogen) atoms. The minimum absolute atomic E-state index is 0.139. The van der Waals surface area contributed by atoms with Crippen molar-refractivity contribution in [1.29, 1.82) is 0 Å². The van der Waals surface area contributed by atoms with Crippen LogP contribution in [-0.2, 0) is 6.61 Å². The highest BCUT2D eigenvalue weighted by molar-refractivity contribution is 6.31. The van der Waals surface area contributed by atoms with Crippen LogP contribution in [0.3, 0.4) is 0 Å². The summed E-state index contributed by atoms with van der Waals surface area (Å²) in [7, 11) is 1.50. The quantitative estimate of drug-likeness (QED) is 0.914. The fraction of sp³-hybridized carbons (Fsp3) is 0.133. The molecule has 0 fully saturated rings. The first-order valence-electron chi connectivity index (χ1n) is 5.89. The van der Waals surface area contributed by atoms with Crippen molar-refractivity contribution in [1.82, 2.24) is 0 Å². The number of carboxylic acid groups (broad SMARTS) is 1. The normalized spacial score (nSPS) is 10.1. The highest BCUT2D eigenvalue weighted by Crippen LogP contribution is 2.29. The van der Waals surface area contributed by atoms with Crippen molar-refractivity contribution in [2.75, 3.05) is 7.11 Å². The zero-order valence-electron chi connectivity index (χ0n) is 10.8. The Morgan fingerprint density at radius 1 is 1.20 bits per heavy atom. The fourth-order valence-corrected chi connectivity index (χ4v) is 1.88. The molecule has 0 amide bonds. The van der Waals surface area contributed by atoms with Crippen LogP contribution in [0.1, 0.15) is 15.9 Å². The van der Waals surface area contributed by atoms with Gasteiger partial charge in [-0.15, -0.1) is 0 Å². The summed E-state index contributed by atoms with van der Waals surface area (Å²) in [6, 6.07) is 11.8. The summed E-state index contributed by atoms with van der Waals surface area (Å²) in [5.41, 5.74) is 0.955. The Labute approximate surface area is 121 Å². The van der Waals surface area contributed by atoms with Crippen molar-refractivity contribution in [3.8, 4) is 11.5 Å². The molecule has 0 bridgehead atoms. The zero-order valence-corrected chi connectivity index (χ0v) is 11.6. The van der Waals surface area contributed by atoms with E-state index in [4.69, 9.17) is 26.2 Å². The predicted molar refractivity (Wildman–Crippen MR) is 75.7 cm³/mol. The maximum absolute atomic E-state index is 11.0. The summed E-state index contributed by atoms with van der Waals surface area (Å²) >= 11 is 6.04. The maximum atomic E-state index is 11.0. The van der Waals surface area contributed by atoms with Gasteiger partial charge in [0.15, 0.2) is 11.5 Å². The van der Waals surface area contributed by atoms with E-state index in [-0.39, 0.29) is 12.2 Å². The summed E-state index contributed by atoms with van der Waals surface area (Å²) in [4.78, 5) is 11.0. The average Bonchev–Trinajstić information content (AvgIpc) is 2.46. The van der Waals surface area contributed by atoms with Crippen LogP contribution in [0.5, 0.6) is 11.5 Å². The molecule has 0 aliphatic rings. The Morgan fingerprint density at radius 2 is 1.95 bits per heavy atom. The highest BCUT2D eigenvalue weighted by Gasteiger charge is 2.10. The van der Waals surface area contributed by atoms with Gasteiger partial charge in [0.2, 0.25) is 0 Å². The smallest absolute Gasteiger partial charge is 0.335 e. The van der Waals surface area contributed by atoms with E-state index in [1.165, 1.54) is 19.2 Å². The van der Waals surface area contributed by atoms with E-state index in [0.29, 0.717) is 16.5 Å². The first-order chi connectivity index (χ1) is 9.61. The Bertz CT molecular complexity index is 625. The van der Waals surface area contributed by atoms with Crippen LogP contribution < -0.4 is 9.47 Å². The van der Waals surface area contributed by atoms with Crippen LogP contribution in [-0.4, -0.2) is 18.2 Å². The number of halogens is 1. The minimum atomic E-state index is -1.02. The highest BCUT2D eigenvalue weighted by atomic mass is 35.5. The number of benzene rings is 2. The van der Waals surface area contributed by atoms with Crippen LogP contribution in [0.4, 0.5) is 0 Å². The van der Waals surface area contributed by atoms with Crippen LogP contribution in [0.25, 0.3) is 0 Å². The first kappa shape index (κ1) is 14.2. The van der Waals surface area contributed by atoms with Gasteiger partial charge in [-0.05, 0) is 24.3 Å². The maximum Gasteiger partial charge on any atom is 0.335 e. The van der Waals surface area contributed by atoms with Gasteiger partial charge in [-0.3, -0.25) is 0 Å². The van der Waals surface area contributed by atoms with Gasteiger partial charge >= 0.3 is 5.97 Å². The topological polar surface area (TPSA) is 55.8 Å². The number of hydrogen-bond donors (Lipinski definition) is 1. The number of aromatic carboxylic acids is 1. The SMILES string of the molecule is COc1ccc(C(=O)O)cc1OCc1ccccc1Cl. The second kappa shape index (κ2) is 6.30. The number of methoxy groups -OCH3 is 1. The average molecular weight is 293 g/mol. The predicted octanol–water partition coefficient (Wildman–Crippen LogP) is 3.63. The summed E-state index contributed by atoms with van der Waals surface area (Å²) < 4.78 is 10.8. The van der Waals surface area contributed by atoms with Crippen LogP contribution in [0.2, 0.25) is 5.02 Å². The van der Waals surface area contributed by atoms with Crippen molar-refractivity contribution in [2.45, 2.75) is 6.61 Å². The monoisotopic (exact) mass is 292 g/mol. The molecule has 5 heteroatoms. The van der Waals surface area contributed by atoms with Gasteiger partial charge in [0.1, 0.15) is 6.61 Å². The van der Waals surface area contributed by atoms with Crippen LogP contribution >= 0.6 is 11.6 Å². The van der Waals surface area contributed by atoms with E-state index >= 15 is 0 Å². The molecule has 1 N–H and O–H groups in total. The third-order valence-corrected chi connectivity index (χ3v) is 3.12. The molecule has 0 heterocycles. The van der Waals surface area contributed by atoms with Gasteiger partial charge in [-0.25, -0.2) is 4.79 Å². The molecule has 0 aromatic heterocycles. The lowest BCUT2D eigenvalue weighted by Crippen LogP contribution is -2.01. The van der Waals surface area contributed by atoms with Crippen molar-refractivity contribution in [2.24, 2.45) is 0 Å². The molecule has 2 rings (SSSR count). The van der Waals surface area contributed by atoms with E-state index in [2.05, 4.69) is 0 Å². The summed E-state index contributed by atoms with van der Waals surface area (Å²) in [6.07, 6.45) is 0. The molecular formula is C15H13ClO4. The number of carboxylic acids is 1. The molecule has 0 atom stereocenters. The van der Waals surface area contributed by atoms with E-state index in [0.717, 1.165) is 5.56 Å². The molecule has 104 valence electrons. The van der Waals surface area contributed by atoms with Gasteiger partial charge < -0.3 is 14.6 Å². The summed E-state index contributed by atoms with van der Waals surface area (Å²) in [6.45, 7) is 0.235. The summed E-state index contributed by atoms with van der Waals surface area (Å²) in [5.74, 6) is -0.176. The van der Waals surface area contributed by atoms with E-state index in [1.807, 2.05) is 18.2 Å². The van der Waals surface area contributed by atoms with Gasteiger partial charge in [-0.1, -0.05) is 29.8 Å². The number of rotatable bonds is 5. The number of hydrogen-bond acceptors (Lipinski definition) is 3. The molecule has 4 nitrogen and oxygen atoms in total.